The Morgan fingerprint density at radius 3 is 2.40 bits per heavy atom. The zero-order valence-corrected chi connectivity index (χ0v) is 11.0. The second kappa shape index (κ2) is 6.85. The molecule has 2 amide bonds. The van der Waals surface area contributed by atoms with Gasteiger partial charge in [-0.3, -0.25) is 19.2 Å². The van der Waals surface area contributed by atoms with E-state index in [1.165, 1.54) is 4.90 Å². The molecule has 1 atom stereocenters. The SMILES string of the molecule is CNCC(=O)N1CCN(CC(=O)O)C(=O)C1CC(=O)O. The number of hydrogen-bond donors (Lipinski definition) is 3. The molecule has 1 saturated heterocycles. The van der Waals surface area contributed by atoms with Crippen molar-refractivity contribution in [1.29, 1.82) is 0 Å². The van der Waals surface area contributed by atoms with Crippen molar-refractivity contribution in [3.8, 4) is 0 Å². The number of likely N-dealkylation sites (N-methyl/N-ethyl adjacent to an activating group) is 1. The van der Waals surface area contributed by atoms with E-state index >= 15 is 0 Å². The van der Waals surface area contributed by atoms with Crippen molar-refractivity contribution in [1.82, 2.24) is 15.1 Å². The molecule has 0 radical (unpaired) electrons. The molecule has 9 nitrogen and oxygen atoms in total. The van der Waals surface area contributed by atoms with Gasteiger partial charge < -0.3 is 25.3 Å². The summed E-state index contributed by atoms with van der Waals surface area (Å²) in [5.74, 6) is -3.43. The maximum Gasteiger partial charge on any atom is 0.323 e. The third-order valence-corrected chi connectivity index (χ3v) is 2.93. The highest BCUT2D eigenvalue weighted by Gasteiger charge is 2.38. The van der Waals surface area contributed by atoms with E-state index < -0.39 is 36.9 Å². The summed E-state index contributed by atoms with van der Waals surface area (Å²) in [7, 11) is 1.56. The number of carboxylic acids is 2. The van der Waals surface area contributed by atoms with E-state index in [1.807, 2.05) is 0 Å². The number of piperazine rings is 1. The predicted octanol–water partition coefficient (Wildman–Crippen LogP) is -2.20. The van der Waals surface area contributed by atoms with Crippen molar-refractivity contribution in [2.45, 2.75) is 12.5 Å². The number of nitrogens with zero attached hydrogens (tertiary/aromatic N) is 2. The van der Waals surface area contributed by atoms with Gasteiger partial charge in [0.2, 0.25) is 11.8 Å². The van der Waals surface area contributed by atoms with Gasteiger partial charge in [-0.25, -0.2) is 0 Å². The monoisotopic (exact) mass is 287 g/mol. The lowest BCUT2D eigenvalue weighted by atomic mass is 10.1. The van der Waals surface area contributed by atoms with Gasteiger partial charge in [0.25, 0.3) is 0 Å². The Kier molecular flexibility index (Phi) is 5.44. The number of nitrogens with one attached hydrogen (secondary N) is 1. The van der Waals surface area contributed by atoms with Gasteiger partial charge in [0.15, 0.2) is 0 Å². The molecule has 112 valence electrons. The maximum absolute atomic E-state index is 12.1. The average molecular weight is 287 g/mol. The van der Waals surface area contributed by atoms with Gasteiger partial charge >= 0.3 is 11.9 Å². The van der Waals surface area contributed by atoms with E-state index in [2.05, 4.69) is 5.32 Å². The van der Waals surface area contributed by atoms with Gasteiger partial charge in [-0.1, -0.05) is 0 Å². The highest BCUT2D eigenvalue weighted by Crippen LogP contribution is 2.15. The number of carbonyl (C=O) groups is 4. The van der Waals surface area contributed by atoms with Gasteiger partial charge in [0.1, 0.15) is 12.6 Å². The van der Waals surface area contributed by atoms with Crippen LogP contribution in [0, 0.1) is 0 Å². The van der Waals surface area contributed by atoms with Gasteiger partial charge in [-0.05, 0) is 7.05 Å². The molecule has 0 aromatic heterocycles. The van der Waals surface area contributed by atoms with Crippen LogP contribution in [0.4, 0.5) is 0 Å². The Labute approximate surface area is 115 Å². The molecule has 0 aromatic rings. The summed E-state index contributed by atoms with van der Waals surface area (Å²) in [6, 6.07) is -1.15. The lowest BCUT2D eigenvalue weighted by Gasteiger charge is -2.39. The minimum Gasteiger partial charge on any atom is -0.481 e. The van der Waals surface area contributed by atoms with Crippen LogP contribution >= 0.6 is 0 Å². The Morgan fingerprint density at radius 1 is 1.25 bits per heavy atom. The molecule has 3 N–H and O–H groups in total. The third-order valence-electron chi connectivity index (χ3n) is 2.93. The molecule has 1 heterocycles. The highest BCUT2D eigenvalue weighted by atomic mass is 16.4. The summed E-state index contributed by atoms with van der Waals surface area (Å²) < 4.78 is 0. The second-order valence-corrected chi connectivity index (χ2v) is 4.38. The molecule has 0 bridgehead atoms. The lowest BCUT2D eigenvalue weighted by molar-refractivity contribution is -0.157. The zero-order chi connectivity index (χ0) is 15.3. The summed E-state index contributed by atoms with van der Waals surface area (Å²) >= 11 is 0. The van der Waals surface area contributed by atoms with Crippen molar-refractivity contribution < 1.29 is 29.4 Å². The van der Waals surface area contributed by atoms with E-state index in [4.69, 9.17) is 10.2 Å². The van der Waals surface area contributed by atoms with Crippen LogP contribution in [-0.4, -0.2) is 83.0 Å². The van der Waals surface area contributed by atoms with Crippen molar-refractivity contribution in [3.05, 3.63) is 0 Å². The highest BCUT2D eigenvalue weighted by molar-refractivity contribution is 5.93. The van der Waals surface area contributed by atoms with Crippen LogP contribution < -0.4 is 5.32 Å². The van der Waals surface area contributed by atoms with E-state index in [1.54, 1.807) is 7.05 Å². The van der Waals surface area contributed by atoms with E-state index in [9.17, 15) is 19.2 Å². The van der Waals surface area contributed by atoms with Crippen LogP contribution in [0.2, 0.25) is 0 Å². The molecule has 0 aromatic carbocycles. The number of amides is 2. The summed E-state index contributed by atoms with van der Waals surface area (Å²) in [6.07, 6.45) is -0.537. The van der Waals surface area contributed by atoms with Crippen molar-refractivity contribution in [3.63, 3.8) is 0 Å². The first-order chi connectivity index (χ1) is 9.36. The Hall–Kier alpha value is -2.16. The Bertz CT molecular complexity index is 424. The second-order valence-electron chi connectivity index (χ2n) is 4.38. The fraction of sp³-hybridized carbons (Fsp3) is 0.636. The first-order valence-corrected chi connectivity index (χ1v) is 6.03. The zero-order valence-electron chi connectivity index (χ0n) is 11.0. The molecule has 1 unspecified atom stereocenters. The van der Waals surface area contributed by atoms with E-state index in [0.29, 0.717) is 0 Å². The minimum atomic E-state index is -1.22. The number of carboxylic acid groups (broad SMARTS) is 2. The average Bonchev–Trinajstić information content (AvgIpc) is 2.33. The van der Waals surface area contributed by atoms with Crippen LogP contribution in [0.3, 0.4) is 0 Å². The molecule has 20 heavy (non-hydrogen) atoms. The van der Waals surface area contributed by atoms with E-state index in [-0.39, 0.29) is 25.5 Å². The summed E-state index contributed by atoms with van der Waals surface area (Å²) in [5, 5.41) is 20.2. The van der Waals surface area contributed by atoms with Gasteiger partial charge in [-0.15, -0.1) is 0 Å². The number of rotatable bonds is 6. The minimum absolute atomic E-state index is 0.0116. The van der Waals surface area contributed by atoms with Crippen LogP contribution in [-0.2, 0) is 19.2 Å². The molecular weight excluding hydrogens is 270 g/mol. The Balaban J connectivity index is 2.88. The summed E-state index contributed by atoms with van der Waals surface area (Å²) in [6.45, 7) is -0.306. The third kappa shape index (κ3) is 3.92. The fourth-order valence-electron chi connectivity index (χ4n) is 2.07. The number of carbonyl (C=O) groups excluding carboxylic acids is 2. The first kappa shape index (κ1) is 15.9. The quantitative estimate of drug-likeness (QED) is 0.506. The van der Waals surface area contributed by atoms with Crippen molar-refractivity contribution >= 4 is 23.8 Å². The van der Waals surface area contributed by atoms with Gasteiger partial charge in [-0.2, -0.15) is 0 Å². The van der Waals surface area contributed by atoms with Gasteiger partial charge in [0, 0.05) is 13.1 Å². The molecule has 0 aliphatic carbocycles. The molecule has 1 aliphatic heterocycles. The Morgan fingerprint density at radius 2 is 1.90 bits per heavy atom. The van der Waals surface area contributed by atoms with Crippen molar-refractivity contribution in [2.24, 2.45) is 0 Å². The normalized spacial score (nSPS) is 19.1. The topological polar surface area (TPSA) is 127 Å². The molecule has 0 spiro atoms. The van der Waals surface area contributed by atoms with Crippen LogP contribution in [0.15, 0.2) is 0 Å². The standard InChI is InChI=1S/C11H17N3O6/c1-12-5-8(15)14-3-2-13(6-10(18)19)11(20)7(14)4-9(16)17/h7,12H,2-6H2,1H3,(H,16,17)(H,18,19). The molecular formula is C11H17N3O6. The van der Waals surface area contributed by atoms with Crippen LogP contribution in [0.25, 0.3) is 0 Å². The largest absolute Gasteiger partial charge is 0.481 e. The molecule has 0 saturated carbocycles. The van der Waals surface area contributed by atoms with E-state index in [0.717, 1.165) is 4.90 Å². The maximum atomic E-state index is 12.1. The lowest BCUT2D eigenvalue weighted by Crippen LogP contribution is -2.61. The summed E-state index contributed by atoms with van der Waals surface area (Å²) in [4.78, 5) is 47.7. The fourth-order valence-corrected chi connectivity index (χ4v) is 2.07. The number of aliphatic carboxylic acids is 2. The summed E-state index contributed by atoms with van der Waals surface area (Å²) in [5.41, 5.74) is 0. The predicted molar refractivity (Wildman–Crippen MR) is 65.9 cm³/mol. The smallest absolute Gasteiger partial charge is 0.323 e. The first-order valence-electron chi connectivity index (χ1n) is 6.03. The van der Waals surface area contributed by atoms with Crippen molar-refractivity contribution in [2.75, 3.05) is 33.2 Å². The number of hydrogen-bond acceptors (Lipinski definition) is 5. The van der Waals surface area contributed by atoms with Gasteiger partial charge in [0.05, 0.1) is 13.0 Å². The van der Waals surface area contributed by atoms with Crippen LogP contribution in [0.1, 0.15) is 6.42 Å². The molecule has 1 rings (SSSR count). The molecule has 1 fully saturated rings. The molecule has 9 heteroatoms. The van der Waals surface area contributed by atoms with Crippen LogP contribution in [0.5, 0.6) is 0 Å². The molecule has 1 aliphatic rings.